The van der Waals surface area contributed by atoms with Crippen molar-refractivity contribution in [2.75, 3.05) is 13.1 Å². The number of fused-ring (bicyclic) bond motifs is 1. The average molecular weight is 554 g/mol. The van der Waals surface area contributed by atoms with Crippen LogP contribution in [0.5, 0.6) is 0 Å². The van der Waals surface area contributed by atoms with Crippen molar-refractivity contribution in [3.05, 3.63) is 55.4 Å². The van der Waals surface area contributed by atoms with E-state index in [9.17, 15) is 4.79 Å². The number of nitrogens with one attached hydrogen (secondary N) is 1. The number of halogens is 3. The number of amides is 1. The van der Waals surface area contributed by atoms with Crippen LogP contribution in [-0.2, 0) is 11.2 Å². The number of carbonyl (C=O) groups is 1. The number of carbonyl (C=O) groups excluding carboxylic acids is 1. The minimum absolute atomic E-state index is 0.0404. The third-order valence-electron chi connectivity index (χ3n) is 6.15. The molecule has 5 rings (SSSR count). The van der Waals surface area contributed by atoms with Gasteiger partial charge in [-0.05, 0) is 78.4 Å². The molecule has 0 bridgehead atoms. The summed E-state index contributed by atoms with van der Waals surface area (Å²) in [6.45, 7) is 1.82. The predicted molar refractivity (Wildman–Crippen MR) is 134 cm³/mol. The maximum absolute atomic E-state index is 13.3. The molecule has 0 radical (unpaired) electrons. The van der Waals surface area contributed by atoms with Crippen LogP contribution in [0.2, 0.25) is 10.0 Å². The number of benzene rings is 1. The molecule has 1 saturated heterocycles. The molecule has 168 valence electrons. The molecule has 2 aliphatic rings. The van der Waals surface area contributed by atoms with Gasteiger partial charge in [0.1, 0.15) is 0 Å². The fraction of sp³-hybridized carbons (Fsp3) is 0.391. The second-order valence-electron chi connectivity index (χ2n) is 8.29. The molecule has 1 amide bonds. The standard InChI is InChI=1S/C23H23BrCl2N4OS/c24-20-10-9-19(32-20)22-15-5-4-6-16(23(31)28-29-11-2-1-3-12-29)21(15)27-30(22)18-8-7-14(25)13-17(18)26/h7-10,13,16H,1-6,11-12H2,(H,28,31). The topological polar surface area (TPSA) is 50.2 Å². The fourth-order valence-electron chi connectivity index (χ4n) is 4.63. The van der Waals surface area contributed by atoms with Gasteiger partial charge in [-0.1, -0.05) is 29.6 Å². The fourth-order valence-corrected chi connectivity index (χ4v) is 6.56. The Bertz CT molecular complexity index is 1160. The van der Waals surface area contributed by atoms with E-state index >= 15 is 0 Å². The summed E-state index contributed by atoms with van der Waals surface area (Å²) in [5.41, 5.74) is 6.92. The highest BCUT2D eigenvalue weighted by Crippen LogP contribution is 2.42. The molecule has 3 heterocycles. The Kier molecular flexibility index (Phi) is 6.63. The van der Waals surface area contributed by atoms with Gasteiger partial charge in [-0.3, -0.25) is 10.2 Å². The quantitative estimate of drug-likeness (QED) is 0.395. The van der Waals surface area contributed by atoms with Gasteiger partial charge in [-0.15, -0.1) is 11.3 Å². The van der Waals surface area contributed by atoms with Gasteiger partial charge in [0.15, 0.2) is 0 Å². The van der Waals surface area contributed by atoms with Crippen molar-refractivity contribution in [3.8, 4) is 16.3 Å². The molecular weight excluding hydrogens is 531 g/mol. The second-order valence-corrected chi connectivity index (χ2v) is 11.6. The zero-order valence-corrected chi connectivity index (χ0v) is 21.3. The van der Waals surface area contributed by atoms with Crippen molar-refractivity contribution in [1.82, 2.24) is 20.2 Å². The van der Waals surface area contributed by atoms with Crippen LogP contribution in [0.1, 0.15) is 49.3 Å². The number of thiophene rings is 1. The van der Waals surface area contributed by atoms with Gasteiger partial charge in [0.05, 0.1) is 36.7 Å². The van der Waals surface area contributed by atoms with Gasteiger partial charge >= 0.3 is 0 Å². The Morgan fingerprint density at radius 1 is 1.12 bits per heavy atom. The van der Waals surface area contributed by atoms with Crippen molar-refractivity contribution >= 4 is 56.4 Å². The average Bonchev–Trinajstić information content (AvgIpc) is 3.37. The van der Waals surface area contributed by atoms with Crippen LogP contribution in [0.15, 0.2) is 34.1 Å². The SMILES string of the molecule is O=C(NN1CCCCC1)C1CCCc2c1nn(-c1ccc(Cl)cc1Cl)c2-c1ccc(Br)s1. The number of hydrogen-bond donors (Lipinski definition) is 1. The summed E-state index contributed by atoms with van der Waals surface area (Å²) < 4.78 is 2.94. The molecule has 9 heteroatoms. The van der Waals surface area contributed by atoms with Gasteiger partial charge in [-0.25, -0.2) is 9.69 Å². The third-order valence-corrected chi connectivity index (χ3v) is 8.32. The Morgan fingerprint density at radius 2 is 1.94 bits per heavy atom. The van der Waals surface area contributed by atoms with Crippen LogP contribution in [0.4, 0.5) is 0 Å². The first-order valence-corrected chi connectivity index (χ1v) is 13.3. The number of aromatic nitrogens is 2. The summed E-state index contributed by atoms with van der Waals surface area (Å²) in [6.07, 6.45) is 6.11. The highest BCUT2D eigenvalue weighted by atomic mass is 79.9. The Balaban J connectivity index is 1.58. The first-order valence-electron chi connectivity index (χ1n) is 10.9. The van der Waals surface area contributed by atoms with Crippen molar-refractivity contribution in [2.45, 2.75) is 44.4 Å². The van der Waals surface area contributed by atoms with Crippen LogP contribution in [0, 0.1) is 0 Å². The molecule has 1 aliphatic carbocycles. The van der Waals surface area contributed by atoms with Crippen molar-refractivity contribution in [1.29, 1.82) is 0 Å². The highest BCUT2D eigenvalue weighted by molar-refractivity contribution is 9.11. The normalized spacial score (nSPS) is 19.0. The lowest BCUT2D eigenvalue weighted by atomic mass is 9.86. The van der Waals surface area contributed by atoms with E-state index in [1.54, 1.807) is 17.4 Å². The van der Waals surface area contributed by atoms with Gasteiger partial charge in [0, 0.05) is 23.7 Å². The van der Waals surface area contributed by atoms with Gasteiger partial charge in [-0.2, -0.15) is 5.10 Å². The third kappa shape index (κ3) is 4.38. The summed E-state index contributed by atoms with van der Waals surface area (Å²) >= 11 is 18.0. The first-order chi connectivity index (χ1) is 15.5. The van der Waals surface area contributed by atoms with Crippen LogP contribution in [-0.4, -0.2) is 33.8 Å². The molecule has 1 unspecified atom stereocenters. The van der Waals surface area contributed by atoms with E-state index in [-0.39, 0.29) is 11.8 Å². The maximum atomic E-state index is 13.3. The summed E-state index contributed by atoms with van der Waals surface area (Å²) in [7, 11) is 0. The lowest BCUT2D eigenvalue weighted by Gasteiger charge is -2.29. The molecule has 1 aliphatic heterocycles. The van der Waals surface area contributed by atoms with E-state index in [2.05, 4.69) is 32.4 Å². The molecule has 0 saturated carbocycles. The smallest absolute Gasteiger partial charge is 0.243 e. The van der Waals surface area contributed by atoms with E-state index in [4.69, 9.17) is 28.3 Å². The summed E-state index contributed by atoms with van der Waals surface area (Å²) in [5, 5.41) is 8.16. The van der Waals surface area contributed by atoms with E-state index in [1.807, 2.05) is 22.9 Å². The van der Waals surface area contributed by atoms with Gasteiger partial charge < -0.3 is 0 Å². The van der Waals surface area contributed by atoms with E-state index in [0.717, 1.165) is 76.5 Å². The van der Waals surface area contributed by atoms with Crippen LogP contribution < -0.4 is 5.43 Å². The zero-order chi connectivity index (χ0) is 22.2. The summed E-state index contributed by atoms with van der Waals surface area (Å²) in [5.74, 6) is -0.228. The Labute approximate surface area is 209 Å². The van der Waals surface area contributed by atoms with E-state index < -0.39 is 0 Å². The Morgan fingerprint density at radius 3 is 2.66 bits per heavy atom. The second kappa shape index (κ2) is 9.47. The van der Waals surface area contributed by atoms with Crippen LogP contribution in [0.3, 0.4) is 0 Å². The lowest BCUT2D eigenvalue weighted by molar-refractivity contribution is -0.128. The maximum Gasteiger partial charge on any atom is 0.243 e. The summed E-state index contributed by atoms with van der Waals surface area (Å²) in [6, 6.07) is 9.56. The van der Waals surface area contributed by atoms with Crippen molar-refractivity contribution < 1.29 is 4.79 Å². The largest absolute Gasteiger partial charge is 0.288 e. The van der Waals surface area contributed by atoms with Crippen molar-refractivity contribution in [2.24, 2.45) is 0 Å². The molecule has 3 aromatic rings. The Hall–Kier alpha value is -1.38. The monoisotopic (exact) mass is 552 g/mol. The number of rotatable bonds is 4. The van der Waals surface area contributed by atoms with Gasteiger partial charge in [0.2, 0.25) is 5.91 Å². The van der Waals surface area contributed by atoms with E-state index in [1.165, 1.54) is 6.42 Å². The highest BCUT2D eigenvalue weighted by Gasteiger charge is 2.34. The molecule has 32 heavy (non-hydrogen) atoms. The molecule has 5 nitrogen and oxygen atoms in total. The minimum atomic E-state index is -0.268. The van der Waals surface area contributed by atoms with Gasteiger partial charge in [0.25, 0.3) is 0 Å². The molecular formula is C23H23BrCl2N4OS. The number of nitrogens with zero attached hydrogens (tertiary/aromatic N) is 3. The lowest BCUT2D eigenvalue weighted by Crippen LogP contribution is -2.47. The molecule has 0 spiro atoms. The molecule has 1 fully saturated rings. The first kappa shape index (κ1) is 22.4. The van der Waals surface area contributed by atoms with Crippen LogP contribution >= 0.6 is 50.5 Å². The zero-order valence-electron chi connectivity index (χ0n) is 17.4. The molecule has 1 atom stereocenters. The molecule has 2 aromatic heterocycles. The van der Waals surface area contributed by atoms with E-state index in [0.29, 0.717) is 10.0 Å². The minimum Gasteiger partial charge on any atom is -0.288 e. The number of hydrogen-bond acceptors (Lipinski definition) is 4. The number of hydrazine groups is 1. The van der Waals surface area contributed by atoms with Crippen LogP contribution in [0.25, 0.3) is 16.3 Å². The predicted octanol–water partition coefficient (Wildman–Crippen LogP) is 6.61. The van der Waals surface area contributed by atoms with Crippen molar-refractivity contribution in [3.63, 3.8) is 0 Å². The number of piperidine rings is 1. The molecule has 1 N–H and O–H groups in total. The summed E-state index contributed by atoms with van der Waals surface area (Å²) in [4.78, 5) is 14.4. The molecule has 1 aromatic carbocycles.